The van der Waals surface area contributed by atoms with Gasteiger partial charge in [-0.3, -0.25) is 9.59 Å². The molecule has 1 heterocycles. The van der Waals surface area contributed by atoms with Crippen LogP contribution in [0.25, 0.3) is 0 Å². The lowest BCUT2D eigenvalue weighted by Crippen LogP contribution is -2.46. The lowest BCUT2D eigenvalue weighted by molar-refractivity contribution is -0.121. The van der Waals surface area contributed by atoms with E-state index in [1.807, 2.05) is 20.8 Å². The molecule has 1 aromatic heterocycles. The highest BCUT2D eigenvalue weighted by Crippen LogP contribution is 2.13. The lowest BCUT2D eigenvalue weighted by Gasteiger charge is -2.20. The Bertz CT molecular complexity index is 460. The SMILES string of the molecule is Cn1cc(Br)cc1C(=O)NCC(=O)NC(C)(C)C. The third kappa shape index (κ3) is 4.52. The number of carbonyl (C=O) groups is 2. The summed E-state index contributed by atoms with van der Waals surface area (Å²) in [5.41, 5.74) is 0.209. The molecule has 0 radical (unpaired) electrons. The van der Waals surface area contributed by atoms with E-state index in [0.717, 1.165) is 4.47 Å². The van der Waals surface area contributed by atoms with Gasteiger partial charge in [-0.15, -0.1) is 0 Å². The van der Waals surface area contributed by atoms with Crippen LogP contribution < -0.4 is 10.6 Å². The molecule has 0 aromatic carbocycles. The van der Waals surface area contributed by atoms with Crippen molar-refractivity contribution in [1.82, 2.24) is 15.2 Å². The highest BCUT2D eigenvalue weighted by molar-refractivity contribution is 9.10. The van der Waals surface area contributed by atoms with Crippen LogP contribution in [0.5, 0.6) is 0 Å². The van der Waals surface area contributed by atoms with Crippen molar-refractivity contribution in [2.24, 2.45) is 7.05 Å². The Hall–Kier alpha value is -1.30. The molecule has 0 fully saturated rings. The number of hydrogen-bond acceptors (Lipinski definition) is 2. The molecule has 0 bridgehead atoms. The van der Waals surface area contributed by atoms with Crippen LogP contribution in [0, 0.1) is 0 Å². The van der Waals surface area contributed by atoms with E-state index < -0.39 is 0 Å². The molecule has 100 valence electrons. The summed E-state index contributed by atoms with van der Waals surface area (Å²) < 4.78 is 2.52. The van der Waals surface area contributed by atoms with E-state index in [1.54, 1.807) is 23.9 Å². The van der Waals surface area contributed by atoms with Crippen molar-refractivity contribution < 1.29 is 9.59 Å². The molecule has 0 saturated heterocycles. The number of aromatic nitrogens is 1. The number of halogens is 1. The Kier molecular flexibility index (Phi) is 4.56. The topological polar surface area (TPSA) is 63.1 Å². The molecule has 18 heavy (non-hydrogen) atoms. The Morgan fingerprint density at radius 2 is 2.00 bits per heavy atom. The molecule has 0 aliphatic carbocycles. The van der Waals surface area contributed by atoms with Crippen LogP contribution in [0.2, 0.25) is 0 Å². The van der Waals surface area contributed by atoms with Gasteiger partial charge in [-0.05, 0) is 42.8 Å². The molecule has 0 saturated carbocycles. The summed E-state index contributed by atoms with van der Waals surface area (Å²) in [6.07, 6.45) is 1.78. The summed E-state index contributed by atoms with van der Waals surface area (Å²) in [4.78, 5) is 23.4. The average Bonchev–Trinajstić information content (AvgIpc) is 2.52. The highest BCUT2D eigenvalue weighted by Gasteiger charge is 2.16. The first-order chi connectivity index (χ1) is 8.19. The highest BCUT2D eigenvalue weighted by atomic mass is 79.9. The van der Waals surface area contributed by atoms with Crippen molar-refractivity contribution in [2.45, 2.75) is 26.3 Å². The number of nitrogens with zero attached hydrogens (tertiary/aromatic N) is 1. The third-order valence-corrected chi connectivity index (χ3v) is 2.56. The van der Waals surface area contributed by atoms with Crippen molar-refractivity contribution in [3.63, 3.8) is 0 Å². The number of nitrogens with one attached hydrogen (secondary N) is 2. The van der Waals surface area contributed by atoms with E-state index in [9.17, 15) is 9.59 Å². The van der Waals surface area contributed by atoms with Gasteiger partial charge in [-0.25, -0.2) is 0 Å². The van der Waals surface area contributed by atoms with Crippen molar-refractivity contribution in [1.29, 1.82) is 0 Å². The summed E-state index contributed by atoms with van der Waals surface area (Å²) in [6.45, 7) is 5.64. The van der Waals surface area contributed by atoms with Gasteiger partial charge < -0.3 is 15.2 Å². The molecule has 2 amide bonds. The molecule has 5 nitrogen and oxygen atoms in total. The maximum absolute atomic E-state index is 11.8. The Balaban J connectivity index is 2.52. The van der Waals surface area contributed by atoms with Gasteiger partial charge in [0.05, 0.1) is 6.54 Å². The van der Waals surface area contributed by atoms with Crippen LogP contribution >= 0.6 is 15.9 Å². The summed E-state index contributed by atoms with van der Waals surface area (Å²) in [5.74, 6) is -0.476. The smallest absolute Gasteiger partial charge is 0.268 e. The summed E-state index contributed by atoms with van der Waals surface area (Å²) in [6, 6.07) is 1.71. The van der Waals surface area contributed by atoms with E-state index in [4.69, 9.17) is 0 Å². The first kappa shape index (κ1) is 14.8. The van der Waals surface area contributed by atoms with Crippen LogP contribution in [0.3, 0.4) is 0 Å². The van der Waals surface area contributed by atoms with Crippen LogP contribution in [0.4, 0.5) is 0 Å². The van der Waals surface area contributed by atoms with Crippen molar-refractivity contribution in [3.8, 4) is 0 Å². The van der Waals surface area contributed by atoms with Gasteiger partial charge >= 0.3 is 0 Å². The van der Waals surface area contributed by atoms with Crippen molar-refractivity contribution in [2.75, 3.05) is 6.54 Å². The Labute approximate surface area is 115 Å². The predicted molar refractivity (Wildman–Crippen MR) is 73.3 cm³/mol. The summed E-state index contributed by atoms with van der Waals surface area (Å²) in [7, 11) is 1.77. The van der Waals surface area contributed by atoms with Crippen LogP contribution in [0.15, 0.2) is 16.7 Å². The van der Waals surface area contributed by atoms with Crippen LogP contribution in [-0.2, 0) is 11.8 Å². The Morgan fingerprint density at radius 1 is 1.39 bits per heavy atom. The summed E-state index contributed by atoms with van der Waals surface area (Å²) >= 11 is 3.29. The van der Waals surface area contributed by atoms with Crippen molar-refractivity contribution in [3.05, 3.63) is 22.4 Å². The van der Waals surface area contributed by atoms with E-state index in [1.165, 1.54) is 0 Å². The molecule has 0 aliphatic rings. The molecule has 0 aliphatic heterocycles. The number of carbonyl (C=O) groups excluding carboxylic acids is 2. The van der Waals surface area contributed by atoms with Gasteiger partial charge in [-0.2, -0.15) is 0 Å². The zero-order valence-electron chi connectivity index (χ0n) is 11.0. The lowest BCUT2D eigenvalue weighted by atomic mass is 10.1. The normalized spacial score (nSPS) is 11.2. The second kappa shape index (κ2) is 5.56. The third-order valence-electron chi connectivity index (χ3n) is 2.13. The molecule has 0 spiro atoms. The maximum atomic E-state index is 11.8. The number of aryl methyl sites for hydroxylation is 1. The predicted octanol–water partition coefficient (Wildman–Crippen LogP) is 1.43. The van der Waals surface area contributed by atoms with Crippen LogP contribution in [0.1, 0.15) is 31.3 Å². The minimum absolute atomic E-state index is 0.0289. The molecule has 1 aromatic rings. The van der Waals surface area contributed by atoms with E-state index in [-0.39, 0.29) is 23.9 Å². The van der Waals surface area contributed by atoms with E-state index in [2.05, 4.69) is 26.6 Å². The van der Waals surface area contributed by atoms with Gasteiger partial charge in [0.2, 0.25) is 5.91 Å². The van der Waals surface area contributed by atoms with Gasteiger partial charge in [0.25, 0.3) is 5.91 Å². The molecule has 2 N–H and O–H groups in total. The van der Waals surface area contributed by atoms with Gasteiger partial charge in [-0.1, -0.05) is 0 Å². The molecule has 0 atom stereocenters. The minimum Gasteiger partial charge on any atom is -0.350 e. The number of hydrogen-bond donors (Lipinski definition) is 2. The van der Waals surface area contributed by atoms with E-state index in [0.29, 0.717) is 5.69 Å². The molecule has 0 unspecified atom stereocenters. The van der Waals surface area contributed by atoms with E-state index >= 15 is 0 Å². The number of rotatable bonds is 3. The van der Waals surface area contributed by atoms with Crippen LogP contribution in [-0.4, -0.2) is 28.5 Å². The largest absolute Gasteiger partial charge is 0.350 e. The molecule has 6 heteroatoms. The van der Waals surface area contributed by atoms with Gasteiger partial charge in [0.15, 0.2) is 0 Å². The van der Waals surface area contributed by atoms with Gasteiger partial charge in [0.1, 0.15) is 5.69 Å². The quantitative estimate of drug-likeness (QED) is 0.886. The monoisotopic (exact) mass is 315 g/mol. The molecule has 1 rings (SSSR count). The second-order valence-corrected chi connectivity index (χ2v) is 6.05. The Morgan fingerprint density at radius 3 is 2.44 bits per heavy atom. The van der Waals surface area contributed by atoms with Crippen molar-refractivity contribution >= 4 is 27.7 Å². The second-order valence-electron chi connectivity index (χ2n) is 5.14. The summed E-state index contributed by atoms with van der Waals surface area (Å²) in [5, 5.41) is 5.36. The molecular formula is C12H18BrN3O2. The minimum atomic E-state index is -0.296. The fourth-order valence-electron chi connectivity index (χ4n) is 1.46. The fourth-order valence-corrected chi connectivity index (χ4v) is 1.99. The molecular weight excluding hydrogens is 298 g/mol. The fraction of sp³-hybridized carbons (Fsp3) is 0.500. The average molecular weight is 316 g/mol. The van der Waals surface area contributed by atoms with Gasteiger partial charge in [0, 0.05) is 23.3 Å². The number of amides is 2. The zero-order valence-corrected chi connectivity index (χ0v) is 12.6. The first-order valence-corrected chi connectivity index (χ1v) is 6.39. The maximum Gasteiger partial charge on any atom is 0.268 e. The standard InChI is InChI=1S/C12H18BrN3O2/c1-12(2,3)15-10(17)6-14-11(18)9-5-8(13)7-16(9)4/h5,7H,6H2,1-4H3,(H,14,18)(H,15,17). The first-order valence-electron chi connectivity index (χ1n) is 5.60. The zero-order chi connectivity index (χ0) is 13.9.